The van der Waals surface area contributed by atoms with Crippen LogP contribution in [0.2, 0.25) is 5.02 Å². The summed E-state index contributed by atoms with van der Waals surface area (Å²) >= 11 is 5.87. The number of rotatable bonds is 5. The molecule has 0 bridgehead atoms. The first-order valence-electron chi connectivity index (χ1n) is 5.60. The number of benzene rings is 1. The Bertz CT molecular complexity index is 382. The van der Waals surface area contributed by atoms with E-state index in [4.69, 9.17) is 22.2 Å². The van der Waals surface area contributed by atoms with E-state index in [1.165, 1.54) is 0 Å². The van der Waals surface area contributed by atoms with Gasteiger partial charge in [0, 0.05) is 11.6 Å². The van der Waals surface area contributed by atoms with Gasteiger partial charge in [-0.05, 0) is 31.5 Å². The SMILES string of the molecule is CCCN=C(NN)C(C)Oc1cccc(Cl)c1. The summed E-state index contributed by atoms with van der Waals surface area (Å²) in [6.45, 7) is 4.66. The smallest absolute Gasteiger partial charge is 0.154 e. The third-order valence-corrected chi connectivity index (χ3v) is 2.38. The maximum atomic E-state index is 5.87. The van der Waals surface area contributed by atoms with Crippen molar-refractivity contribution in [2.45, 2.75) is 26.4 Å². The van der Waals surface area contributed by atoms with Crippen LogP contribution in [0.5, 0.6) is 5.75 Å². The fourth-order valence-corrected chi connectivity index (χ4v) is 1.50. The zero-order valence-corrected chi connectivity index (χ0v) is 10.9. The molecular weight excluding hydrogens is 238 g/mol. The molecule has 1 aromatic carbocycles. The first-order chi connectivity index (χ1) is 8.17. The normalized spacial score (nSPS) is 13.3. The largest absolute Gasteiger partial charge is 0.483 e. The lowest BCUT2D eigenvalue weighted by atomic mass is 10.3. The van der Waals surface area contributed by atoms with Crippen molar-refractivity contribution in [2.24, 2.45) is 10.8 Å². The molecule has 3 N–H and O–H groups in total. The summed E-state index contributed by atoms with van der Waals surface area (Å²) in [5.41, 5.74) is 2.56. The fraction of sp³-hybridized carbons (Fsp3) is 0.417. The number of hydrogen-bond donors (Lipinski definition) is 2. The number of aliphatic imine (C=N–C) groups is 1. The molecule has 94 valence electrons. The van der Waals surface area contributed by atoms with E-state index in [0.29, 0.717) is 16.6 Å². The van der Waals surface area contributed by atoms with Gasteiger partial charge in [0.05, 0.1) is 0 Å². The van der Waals surface area contributed by atoms with Crippen molar-refractivity contribution < 1.29 is 4.74 Å². The van der Waals surface area contributed by atoms with Crippen LogP contribution < -0.4 is 16.0 Å². The summed E-state index contributed by atoms with van der Waals surface area (Å²) in [7, 11) is 0. The molecule has 0 spiro atoms. The summed E-state index contributed by atoms with van der Waals surface area (Å²) < 4.78 is 5.69. The second kappa shape index (κ2) is 7.14. The Morgan fingerprint density at radius 2 is 2.35 bits per heavy atom. The minimum atomic E-state index is -0.231. The average Bonchev–Trinajstić information content (AvgIpc) is 2.30. The number of amidine groups is 1. The predicted octanol–water partition coefficient (Wildman–Crippen LogP) is 2.38. The lowest BCUT2D eigenvalue weighted by Gasteiger charge is -2.16. The third-order valence-electron chi connectivity index (χ3n) is 2.15. The Balaban J connectivity index is 2.67. The first kappa shape index (κ1) is 13.8. The van der Waals surface area contributed by atoms with Crippen molar-refractivity contribution in [1.82, 2.24) is 5.43 Å². The van der Waals surface area contributed by atoms with Crippen LogP contribution in [0.3, 0.4) is 0 Å². The van der Waals surface area contributed by atoms with Gasteiger partial charge >= 0.3 is 0 Å². The summed E-state index contributed by atoms with van der Waals surface area (Å²) in [6.07, 6.45) is 0.736. The number of nitrogens with two attached hydrogens (primary N) is 1. The van der Waals surface area contributed by atoms with Crippen molar-refractivity contribution in [1.29, 1.82) is 0 Å². The molecule has 1 unspecified atom stereocenters. The number of nitrogens with one attached hydrogen (secondary N) is 1. The Morgan fingerprint density at radius 1 is 1.59 bits per heavy atom. The number of halogens is 1. The quantitative estimate of drug-likeness (QED) is 0.368. The maximum absolute atomic E-state index is 5.87. The zero-order chi connectivity index (χ0) is 12.7. The van der Waals surface area contributed by atoms with E-state index < -0.39 is 0 Å². The molecule has 0 aromatic heterocycles. The van der Waals surface area contributed by atoms with Gasteiger partial charge in [-0.15, -0.1) is 0 Å². The highest BCUT2D eigenvalue weighted by Gasteiger charge is 2.10. The van der Waals surface area contributed by atoms with E-state index in [0.717, 1.165) is 13.0 Å². The van der Waals surface area contributed by atoms with Gasteiger partial charge in [-0.3, -0.25) is 4.99 Å². The molecule has 0 aliphatic heterocycles. The molecule has 0 aliphatic carbocycles. The van der Waals surface area contributed by atoms with Crippen LogP contribution in [0, 0.1) is 0 Å². The molecule has 0 fully saturated rings. The summed E-state index contributed by atoms with van der Waals surface area (Å²) in [5.74, 6) is 6.74. The lowest BCUT2D eigenvalue weighted by Crippen LogP contribution is -2.41. The number of nitrogens with zero attached hydrogens (tertiary/aromatic N) is 1. The number of hydrazine groups is 1. The van der Waals surface area contributed by atoms with Gasteiger partial charge in [0.2, 0.25) is 0 Å². The second-order valence-electron chi connectivity index (χ2n) is 3.63. The fourth-order valence-electron chi connectivity index (χ4n) is 1.32. The topological polar surface area (TPSA) is 59.6 Å². The first-order valence-corrected chi connectivity index (χ1v) is 5.98. The Hall–Kier alpha value is -1.26. The van der Waals surface area contributed by atoms with E-state index in [-0.39, 0.29) is 6.10 Å². The molecule has 17 heavy (non-hydrogen) atoms. The van der Waals surface area contributed by atoms with Crippen LogP contribution in [0.4, 0.5) is 0 Å². The van der Waals surface area contributed by atoms with Crippen molar-refractivity contribution in [3.05, 3.63) is 29.3 Å². The Kier molecular flexibility index (Phi) is 5.80. The van der Waals surface area contributed by atoms with Gasteiger partial charge in [0.15, 0.2) is 11.9 Å². The summed E-state index contributed by atoms with van der Waals surface area (Å²) in [4.78, 5) is 4.30. The molecule has 1 aromatic rings. The highest BCUT2D eigenvalue weighted by Crippen LogP contribution is 2.18. The molecule has 0 saturated heterocycles. The van der Waals surface area contributed by atoms with Gasteiger partial charge in [0.1, 0.15) is 5.75 Å². The molecule has 0 saturated carbocycles. The van der Waals surface area contributed by atoms with Crippen molar-refractivity contribution in [2.75, 3.05) is 6.54 Å². The van der Waals surface area contributed by atoms with Crippen LogP contribution in [0.1, 0.15) is 20.3 Å². The van der Waals surface area contributed by atoms with Gasteiger partial charge in [-0.25, -0.2) is 5.84 Å². The van der Waals surface area contributed by atoms with E-state index in [9.17, 15) is 0 Å². The maximum Gasteiger partial charge on any atom is 0.154 e. The van der Waals surface area contributed by atoms with Gasteiger partial charge < -0.3 is 10.2 Å². The average molecular weight is 256 g/mol. The van der Waals surface area contributed by atoms with Crippen LogP contribution >= 0.6 is 11.6 Å². The molecule has 0 radical (unpaired) electrons. The Morgan fingerprint density at radius 3 is 2.94 bits per heavy atom. The minimum absolute atomic E-state index is 0.231. The molecular formula is C12H18ClN3O. The van der Waals surface area contributed by atoms with E-state index >= 15 is 0 Å². The second-order valence-corrected chi connectivity index (χ2v) is 4.07. The van der Waals surface area contributed by atoms with Crippen LogP contribution in [0.15, 0.2) is 29.3 Å². The van der Waals surface area contributed by atoms with E-state index in [1.54, 1.807) is 12.1 Å². The molecule has 1 atom stereocenters. The molecule has 0 aliphatic rings. The van der Waals surface area contributed by atoms with Gasteiger partial charge in [0.25, 0.3) is 0 Å². The molecule has 0 heterocycles. The minimum Gasteiger partial charge on any atom is -0.483 e. The Labute approximate surface area is 107 Å². The van der Waals surface area contributed by atoms with Crippen LogP contribution in [-0.2, 0) is 0 Å². The van der Waals surface area contributed by atoms with E-state index in [1.807, 2.05) is 19.1 Å². The lowest BCUT2D eigenvalue weighted by molar-refractivity contribution is 0.282. The van der Waals surface area contributed by atoms with Gasteiger partial charge in [-0.1, -0.05) is 24.6 Å². The zero-order valence-electron chi connectivity index (χ0n) is 10.1. The molecule has 5 heteroatoms. The molecule has 4 nitrogen and oxygen atoms in total. The summed E-state index contributed by atoms with van der Waals surface area (Å²) in [6, 6.07) is 7.23. The number of ether oxygens (including phenoxy) is 1. The third kappa shape index (κ3) is 4.63. The molecule has 0 amide bonds. The monoisotopic (exact) mass is 255 g/mol. The predicted molar refractivity (Wildman–Crippen MR) is 71.5 cm³/mol. The van der Waals surface area contributed by atoms with Crippen molar-refractivity contribution >= 4 is 17.4 Å². The van der Waals surface area contributed by atoms with Crippen LogP contribution in [-0.4, -0.2) is 18.5 Å². The van der Waals surface area contributed by atoms with Gasteiger partial charge in [-0.2, -0.15) is 0 Å². The highest BCUT2D eigenvalue weighted by atomic mass is 35.5. The number of hydrogen-bond acceptors (Lipinski definition) is 3. The van der Waals surface area contributed by atoms with Crippen molar-refractivity contribution in [3.63, 3.8) is 0 Å². The van der Waals surface area contributed by atoms with Crippen LogP contribution in [0.25, 0.3) is 0 Å². The molecule has 1 rings (SSSR count). The highest BCUT2D eigenvalue weighted by molar-refractivity contribution is 6.30. The standard InChI is InChI=1S/C12H18ClN3O/c1-3-7-15-12(16-14)9(2)17-11-6-4-5-10(13)8-11/h4-6,8-9H,3,7,14H2,1-2H3,(H,15,16). The van der Waals surface area contributed by atoms with Crippen molar-refractivity contribution in [3.8, 4) is 5.75 Å². The summed E-state index contributed by atoms with van der Waals surface area (Å²) in [5, 5.41) is 0.641. The van der Waals surface area contributed by atoms with E-state index in [2.05, 4.69) is 17.3 Å².